The predicted octanol–water partition coefficient (Wildman–Crippen LogP) is 1.96. The van der Waals surface area contributed by atoms with Crippen molar-refractivity contribution in [2.24, 2.45) is 5.84 Å². The molecule has 0 aliphatic carbocycles. The van der Waals surface area contributed by atoms with Gasteiger partial charge in [-0.1, -0.05) is 6.07 Å². The van der Waals surface area contributed by atoms with Crippen LogP contribution < -0.4 is 16.7 Å². The van der Waals surface area contributed by atoms with Crippen LogP contribution in [-0.2, 0) is 17.8 Å². The number of rotatable bonds is 3. The molecule has 0 unspecified atom stereocenters. The molecule has 0 fully saturated rings. The normalized spacial score (nSPS) is 13.6. The van der Waals surface area contributed by atoms with Crippen molar-refractivity contribution < 1.29 is 9.18 Å². The van der Waals surface area contributed by atoms with Gasteiger partial charge in [0.05, 0.1) is 11.1 Å². The van der Waals surface area contributed by atoms with Gasteiger partial charge in [0, 0.05) is 30.3 Å². The van der Waals surface area contributed by atoms with Gasteiger partial charge in [0.15, 0.2) is 5.16 Å². The number of carbonyl (C=O) groups excluding carboxylic acids is 1. The summed E-state index contributed by atoms with van der Waals surface area (Å²) < 4.78 is 16.0. The Morgan fingerprint density at radius 3 is 3.04 bits per heavy atom. The number of nitrogens with one attached hydrogen (secondary N) is 1. The van der Waals surface area contributed by atoms with Crippen LogP contribution in [0.4, 0.5) is 4.39 Å². The summed E-state index contributed by atoms with van der Waals surface area (Å²) in [5.74, 6) is 4.86. The first-order chi connectivity index (χ1) is 13.0. The topological polar surface area (TPSA) is 93.2 Å². The van der Waals surface area contributed by atoms with Gasteiger partial charge in [-0.2, -0.15) is 0 Å². The maximum absolute atomic E-state index is 13.8. The molecule has 0 saturated carbocycles. The average molecular weight is 405 g/mol. The molecule has 0 spiro atoms. The molecule has 3 heterocycles. The highest BCUT2D eigenvalue weighted by molar-refractivity contribution is 7.97. The zero-order valence-corrected chi connectivity index (χ0v) is 16.0. The third kappa shape index (κ3) is 3.25. The number of fused-ring (bicyclic) bond motifs is 3. The number of thiophene rings is 1. The van der Waals surface area contributed by atoms with Crippen molar-refractivity contribution in [1.29, 1.82) is 0 Å². The highest BCUT2D eigenvalue weighted by atomic mass is 32.2. The third-order valence-electron chi connectivity index (χ3n) is 4.27. The number of hydrazine groups is 1. The average Bonchev–Trinajstić information content (AvgIpc) is 3.00. The minimum absolute atomic E-state index is 0.211. The molecular weight excluding hydrogens is 389 g/mol. The minimum atomic E-state index is -0.469. The van der Waals surface area contributed by atoms with Crippen LogP contribution in [0, 0.1) is 5.82 Å². The number of hydrogen-bond acceptors (Lipinski definition) is 7. The summed E-state index contributed by atoms with van der Waals surface area (Å²) in [6.07, 6.45) is 0.734. The summed E-state index contributed by atoms with van der Waals surface area (Å²) in [7, 11) is 0. The van der Waals surface area contributed by atoms with Gasteiger partial charge in [0.2, 0.25) is 5.91 Å². The van der Waals surface area contributed by atoms with Gasteiger partial charge in [-0.05, 0) is 36.7 Å². The Kier molecular flexibility index (Phi) is 4.72. The van der Waals surface area contributed by atoms with Crippen molar-refractivity contribution in [3.8, 4) is 5.69 Å². The molecule has 1 aliphatic rings. The maximum Gasteiger partial charge on any atom is 0.267 e. The fourth-order valence-electron chi connectivity index (χ4n) is 3.01. The van der Waals surface area contributed by atoms with Crippen LogP contribution in [0.25, 0.3) is 15.9 Å². The van der Waals surface area contributed by atoms with E-state index in [2.05, 4.69) is 10.3 Å². The van der Waals surface area contributed by atoms with Gasteiger partial charge in [-0.15, -0.1) is 11.3 Å². The van der Waals surface area contributed by atoms with Crippen molar-refractivity contribution in [3.05, 3.63) is 50.9 Å². The molecule has 1 aromatic carbocycles. The molecule has 2 aromatic heterocycles. The third-order valence-corrected chi connectivity index (χ3v) is 6.29. The second-order valence-corrected chi connectivity index (χ2v) is 8.09. The Hall–Kier alpha value is -2.27. The molecule has 0 radical (unpaired) electrons. The Balaban J connectivity index is 2.00. The quantitative estimate of drug-likeness (QED) is 0.228. The van der Waals surface area contributed by atoms with Gasteiger partial charge in [-0.3, -0.25) is 14.2 Å². The van der Waals surface area contributed by atoms with E-state index in [4.69, 9.17) is 5.84 Å². The van der Waals surface area contributed by atoms with Crippen LogP contribution in [0.2, 0.25) is 0 Å². The van der Waals surface area contributed by atoms with E-state index >= 15 is 0 Å². The van der Waals surface area contributed by atoms with Crippen LogP contribution in [0.5, 0.6) is 0 Å². The Morgan fingerprint density at radius 2 is 2.30 bits per heavy atom. The second kappa shape index (κ2) is 7.04. The van der Waals surface area contributed by atoms with Crippen LogP contribution in [0.1, 0.15) is 17.4 Å². The molecule has 3 aromatic rings. The molecule has 27 heavy (non-hydrogen) atoms. The van der Waals surface area contributed by atoms with Gasteiger partial charge in [0.1, 0.15) is 10.6 Å². The summed E-state index contributed by atoms with van der Waals surface area (Å²) in [6, 6.07) is 5.70. The zero-order valence-electron chi connectivity index (χ0n) is 14.4. The van der Waals surface area contributed by atoms with Gasteiger partial charge in [0.25, 0.3) is 5.56 Å². The second-order valence-electron chi connectivity index (χ2n) is 6.06. The Bertz CT molecular complexity index is 1110. The molecule has 0 bridgehead atoms. The Morgan fingerprint density at radius 1 is 1.48 bits per heavy atom. The standard InChI is InChI=1S/C17H16FN5O2S2/c1-9(24)23(19)27-17-21-15-14(12-5-6-20-8-13(12)26-15)16(25)22(17)11-4-2-3-10(18)7-11/h2-4,7,20H,5-6,8,19H2,1H3. The highest BCUT2D eigenvalue weighted by Crippen LogP contribution is 2.32. The molecule has 7 nitrogen and oxygen atoms in total. The van der Waals surface area contributed by atoms with Crippen LogP contribution in [0.3, 0.4) is 0 Å². The molecule has 1 aliphatic heterocycles. The smallest absolute Gasteiger partial charge is 0.267 e. The molecule has 140 valence electrons. The number of nitrogens with zero attached hydrogens (tertiary/aromatic N) is 3. The Labute approximate surface area is 162 Å². The van der Waals surface area contributed by atoms with E-state index < -0.39 is 11.7 Å². The molecule has 1 amide bonds. The van der Waals surface area contributed by atoms with Crippen LogP contribution >= 0.6 is 23.3 Å². The van der Waals surface area contributed by atoms with E-state index in [0.29, 0.717) is 22.4 Å². The summed E-state index contributed by atoms with van der Waals surface area (Å²) in [5, 5.41) is 4.05. The first-order valence-corrected chi connectivity index (χ1v) is 9.82. The highest BCUT2D eigenvalue weighted by Gasteiger charge is 2.24. The SMILES string of the molecule is CC(=O)N(N)Sc1nc2sc3c(c2c(=O)n1-c1cccc(F)c1)CCNC3. The largest absolute Gasteiger partial charge is 0.312 e. The molecule has 10 heteroatoms. The first-order valence-electron chi connectivity index (χ1n) is 8.23. The van der Waals surface area contributed by atoms with Crippen molar-refractivity contribution >= 4 is 39.4 Å². The molecular formula is C17H16FN5O2S2. The lowest BCUT2D eigenvalue weighted by Gasteiger charge is -2.17. The van der Waals surface area contributed by atoms with Crippen molar-refractivity contribution in [2.75, 3.05) is 6.54 Å². The number of nitrogens with two attached hydrogens (primary N) is 1. The van der Waals surface area contributed by atoms with Crippen molar-refractivity contribution in [1.82, 2.24) is 19.3 Å². The lowest BCUT2D eigenvalue weighted by Crippen LogP contribution is -2.31. The fraction of sp³-hybridized carbons (Fsp3) is 0.235. The lowest BCUT2D eigenvalue weighted by atomic mass is 10.1. The van der Waals surface area contributed by atoms with Gasteiger partial charge >= 0.3 is 0 Å². The van der Waals surface area contributed by atoms with Gasteiger partial charge in [-0.25, -0.2) is 19.6 Å². The van der Waals surface area contributed by atoms with Crippen LogP contribution in [0.15, 0.2) is 34.2 Å². The van der Waals surface area contributed by atoms with Crippen molar-refractivity contribution in [3.63, 3.8) is 0 Å². The maximum atomic E-state index is 13.8. The summed E-state index contributed by atoms with van der Waals surface area (Å²) in [4.78, 5) is 31.2. The summed E-state index contributed by atoms with van der Waals surface area (Å²) in [5.41, 5.74) is 1.04. The fourth-order valence-corrected chi connectivity index (χ4v) is 4.96. The number of halogens is 1. The van der Waals surface area contributed by atoms with E-state index in [-0.39, 0.29) is 10.7 Å². The molecule has 0 atom stereocenters. The van der Waals surface area contributed by atoms with Crippen LogP contribution in [-0.4, -0.2) is 26.4 Å². The van der Waals surface area contributed by atoms with E-state index in [1.807, 2.05) is 0 Å². The number of aromatic nitrogens is 2. The number of hydrogen-bond donors (Lipinski definition) is 2. The number of carbonyl (C=O) groups is 1. The number of amides is 1. The van der Waals surface area contributed by atoms with E-state index in [1.54, 1.807) is 6.07 Å². The first kappa shape index (κ1) is 18.1. The summed E-state index contributed by atoms with van der Waals surface area (Å²) >= 11 is 2.29. The van der Waals surface area contributed by atoms with E-state index in [0.717, 1.165) is 39.8 Å². The van der Waals surface area contributed by atoms with Gasteiger partial charge < -0.3 is 5.32 Å². The summed E-state index contributed by atoms with van der Waals surface area (Å²) in [6.45, 7) is 2.79. The van der Waals surface area contributed by atoms with E-state index in [9.17, 15) is 14.0 Å². The predicted molar refractivity (Wildman–Crippen MR) is 103 cm³/mol. The lowest BCUT2D eigenvalue weighted by molar-refractivity contribution is -0.124. The molecule has 0 saturated heterocycles. The van der Waals surface area contributed by atoms with E-state index in [1.165, 1.54) is 41.0 Å². The minimum Gasteiger partial charge on any atom is -0.312 e. The zero-order chi connectivity index (χ0) is 19.1. The monoisotopic (exact) mass is 405 g/mol. The van der Waals surface area contributed by atoms with Crippen molar-refractivity contribution in [2.45, 2.75) is 25.0 Å². The number of benzene rings is 1. The molecule has 3 N–H and O–H groups in total. The molecule has 4 rings (SSSR count).